The van der Waals surface area contributed by atoms with Crippen molar-refractivity contribution in [3.05, 3.63) is 29.8 Å². The molecule has 186 valence electrons. The summed E-state index contributed by atoms with van der Waals surface area (Å²) < 4.78 is 10.9. The monoisotopic (exact) mass is 573 g/mol. The number of carbonyl (C=O) groups excluding carboxylic acids is 1. The largest absolute Gasteiger partial charge is 0.497 e. The Morgan fingerprint density at radius 3 is 2.42 bits per heavy atom. The van der Waals surface area contributed by atoms with Crippen LogP contribution in [-0.2, 0) is 9.53 Å². The molecule has 1 unspecified atom stereocenters. The first kappa shape index (κ1) is 27.7. The van der Waals surface area contributed by atoms with Crippen LogP contribution in [0.5, 0.6) is 5.75 Å². The Hall–Kier alpha value is -1.59. The lowest BCUT2D eigenvalue weighted by Gasteiger charge is -2.36. The van der Waals surface area contributed by atoms with Crippen LogP contribution in [0.25, 0.3) is 0 Å². The number of halogens is 1. The van der Waals surface area contributed by atoms with Gasteiger partial charge in [-0.25, -0.2) is 0 Å². The van der Waals surface area contributed by atoms with Gasteiger partial charge in [-0.1, -0.05) is 12.1 Å². The number of amides is 1. The SMILES string of the molecule is CCNC(=NCC(c1ccc(OC)cc1)N1CCOCC1)N1CCC(CC(=O)NC)CC1.I. The lowest BCUT2D eigenvalue weighted by Crippen LogP contribution is -2.46. The summed E-state index contributed by atoms with van der Waals surface area (Å²) >= 11 is 0. The van der Waals surface area contributed by atoms with Crippen LogP contribution < -0.4 is 15.4 Å². The molecule has 0 aromatic heterocycles. The molecule has 0 radical (unpaired) electrons. The van der Waals surface area contributed by atoms with Gasteiger partial charge in [-0.15, -0.1) is 24.0 Å². The number of nitrogens with zero attached hydrogens (tertiary/aromatic N) is 3. The number of nitrogens with one attached hydrogen (secondary N) is 2. The number of methoxy groups -OCH3 is 1. The lowest BCUT2D eigenvalue weighted by molar-refractivity contribution is -0.121. The van der Waals surface area contributed by atoms with Crippen LogP contribution in [0.15, 0.2) is 29.3 Å². The van der Waals surface area contributed by atoms with Crippen molar-refractivity contribution in [2.45, 2.75) is 32.2 Å². The van der Waals surface area contributed by atoms with Gasteiger partial charge in [-0.05, 0) is 43.4 Å². The number of piperidine rings is 1. The number of aliphatic imine (C=N–C) groups is 1. The van der Waals surface area contributed by atoms with Crippen LogP contribution in [0.3, 0.4) is 0 Å². The summed E-state index contributed by atoms with van der Waals surface area (Å²) in [5.41, 5.74) is 1.25. The van der Waals surface area contributed by atoms with Crippen LogP contribution >= 0.6 is 24.0 Å². The number of ether oxygens (including phenoxy) is 2. The second-order valence-electron chi connectivity index (χ2n) is 8.44. The normalized spacial score (nSPS) is 18.9. The molecule has 9 heteroatoms. The molecule has 1 atom stereocenters. The highest BCUT2D eigenvalue weighted by molar-refractivity contribution is 14.0. The summed E-state index contributed by atoms with van der Waals surface area (Å²) in [4.78, 5) is 21.6. The first-order chi connectivity index (χ1) is 15.6. The van der Waals surface area contributed by atoms with Gasteiger partial charge in [0.1, 0.15) is 5.75 Å². The molecule has 0 saturated carbocycles. The molecule has 2 heterocycles. The van der Waals surface area contributed by atoms with Crippen LogP contribution in [0.1, 0.15) is 37.8 Å². The average molecular weight is 574 g/mol. The minimum atomic E-state index is 0. The quantitative estimate of drug-likeness (QED) is 0.283. The number of morpholine rings is 1. The molecule has 2 saturated heterocycles. The third-order valence-corrected chi connectivity index (χ3v) is 6.40. The molecule has 2 aliphatic heterocycles. The Morgan fingerprint density at radius 2 is 1.85 bits per heavy atom. The Balaban J connectivity index is 0.00000385. The van der Waals surface area contributed by atoms with E-state index in [4.69, 9.17) is 14.5 Å². The van der Waals surface area contributed by atoms with Crippen LogP contribution in [0, 0.1) is 5.92 Å². The molecule has 2 fully saturated rings. The van der Waals surface area contributed by atoms with Gasteiger partial charge in [0.05, 0.1) is 32.9 Å². The van der Waals surface area contributed by atoms with E-state index in [1.807, 2.05) is 12.1 Å². The molecule has 0 spiro atoms. The molecule has 2 N–H and O–H groups in total. The second-order valence-corrected chi connectivity index (χ2v) is 8.44. The van der Waals surface area contributed by atoms with E-state index in [-0.39, 0.29) is 35.9 Å². The second kappa shape index (κ2) is 14.6. The highest BCUT2D eigenvalue weighted by Crippen LogP contribution is 2.25. The fraction of sp³-hybridized carbons (Fsp3) is 0.667. The third-order valence-electron chi connectivity index (χ3n) is 6.40. The molecule has 1 aromatic rings. The number of carbonyl (C=O) groups is 1. The molecular weight excluding hydrogens is 533 g/mol. The molecule has 0 bridgehead atoms. The Morgan fingerprint density at radius 1 is 1.18 bits per heavy atom. The van der Waals surface area contributed by atoms with Crippen molar-refractivity contribution >= 4 is 35.8 Å². The zero-order chi connectivity index (χ0) is 22.8. The van der Waals surface area contributed by atoms with Gasteiger partial charge >= 0.3 is 0 Å². The van der Waals surface area contributed by atoms with E-state index in [0.717, 1.165) is 70.5 Å². The van der Waals surface area contributed by atoms with Gasteiger partial charge < -0.3 is 25.0 Å². The Kier molecular flexibility index (Phi) is 12.3. The lowest BCUT2D eigenvalue weighted by atomic mass is 9.93. The predicted molar refractivity (Wildman–Crippen MR) is 143 cm³/mol. The molecule has 33 heavy (non-hydrogen) atoms. The molecule has 0 aliphatic carbocycles. The Bertz CT molecular complexity index is 732. The highest BCUT2D eigenvalue weighted by atomic mass is 127. The van der Waals surface area contributed by atoms with Gasteiger partial charge in [-0.3, -0.25) is 14.7 Å². The maximum absolute atomic E-state index is 11.7. The summed E-state index contributed by atoms with van der Waals surface area (Å²) in [5.74, 6) is 2.43. The minimum Gasteiger partial charge on any atom is -0.497 e. The van der Waals surface area contributed by atoms with E-state index in [9.17, 15) is 4.79 Å². The number of hydrogen-bond donors (Lipinski definition) is 2. The smallest absolute Gasteiger partial charge is 0.220 e. The van der Waals surface area contributed by atoms with E-state index in [2.05, 4.69) is 39.5 Å². The summed E-state index contributed by atoms with van der Waals surface area (Å²) in [6.07, 6.45) is 2.65. The minimum absolute atomic E-state index is 0. The number of hydrogen-bond acceptors (Lipinski definition) is 5. The number of likely N-dealkylation sites (tertiary alicyclic amines) is 1. The first-order valence-corrected chi connectivity index (χ1v) is 11.8. The first-order valence-electron chi connectivity index (χ1n) is 11.8. The summed E-state index contributed by atoms with van der Waals surface area (Å²) in [5, 5.41) is 6.22. The molecule has 2 aliphatic rings. The van der Waals surface area contributed by atoms with E-state index in [1.54, 1.807) is 14.2 Å². The van der Waals surface area contributed by atoms with Crippen LogP contribution in [0.4, 0.5) is 0 Å². The van der Waals surface area contributed by atoms with Gasteiger partial charge in [0.25, 0.3) is 0 Å². The van der Waals surface area contributed by atoms with E-state index >= 15 is 0 Å². The zero-order valence-corrected chi connectivity index (χ0v) is 22.5. The standard InChI is InChI=1S/C24H39N5O3.HI/c1-4-26-24(29-11-9-19(10-12-29)17-23(30)25-2)27-18-22(28-13-15-32-16-14-28)20-5-7-21(31-3)8-6-20;/h5-8,19,22H,4,9-18H2,1-3H3,(H,25,30)(H,26,27);1H. The number of benzene rings is 1. The van der Waals surface area contributed by atoms with Crippen molar-refractivity contribution in [1.29, 1.82) is 0 Å². The van der Waals surface area contributed by atoms with E-state index in [1.165, 1.54) is 5.56 Å². The summed E-state index contributed by atoms with van der Waals surface area (Å²) in [6.45, 7) is 8.83. The van der Waals surface area contributed by atoms with Gasteiger partial charge in [0, 0.05) is 46.2 Å². The topological polar surface area (TPSA) is 78.4 Å². The van der Waals surface area contributed by atoms with E-state index in [0.29, 0.717) is 18.9 Å². The van der Waals surface area contributed by atoms with Gasteiger partial charge in [0.2, 0.25) is 5.91 Å². The van der Waals surface area contributed by atoms with Crippen molar-refractivity contribution in [3.8, 4) is 5.75 Å². The van der Waals surface area contributed by atoms with Crippen molar-refractivity contribution in [1.82, 2.24) is 20.4 Å². The molecule has 8 nitrogen and oxygen atoms in total. The average Bonchev–Trinajstić information content (AvgIpc) is 2.85. The van der Waals surface area contributed by atoms with Crippen molar-refractivity contribution in [3.63, 3.8) is 0 Å². The number of guanidine groups is 1. The van der Waals surface area contributed by atoms with Crippen LogP contribution in [0.2, 0.25) is 0 Å². The molecule has 3 rings (SSSR count). The fourth-order valence-electron chi connectivity index (χ4n) is 4.46. The molecule has 1 amide bonds. The number of rotatable bonds is 8. The summed E-state index contributed by atoms with van der Waals surface area (Å²) in [6, 6.07) is 8.53. The third kappa shape index (κ3) is 8.29. The predicted octanol–water partition coefficient (Wildman–Crippen LogP) is 2.50. The van der Waals surface area contributed by atoms with Crippen LogP contribution in [-0.4, -0.2) is 88.3 Å². The van der Waals surface area contributed by atoms with E-state index < -0.39 is 0 Å². The Labute approximate surface area is 215 Å². The molecule has 1 aromatic carbocycles. The van der Waals surface area contributed by atoms with Gasteiger partial charge in [0.15, 0.2) is 5.96 Å². The highest BCUT2D eigenvalue weighted by Gasteiger charge is 2.25. The molecular formula is C24H40IN5O3. The van der Waals surface area contributed by atoms with Gasteiger partial charge in [-0.2, -0.15) is 0 Å². The maximum Gasteiger partial charge on any atom is 0.220 e. The van der Waals surface area contributed by atoms with Crippen molar-refractivity contribution in [2.75, 3.05) is 66.6 Å². The van der Waals surface area contributed by atoms with Crippen molar-refractivity contribution in [2.24, 2.45) is 10.9 Å². The fourth-order valence-corrected chi connectivity index (χ4v) is 4.46. The summed E-state index contributed by atoms with van der Waals surface area (Å²) in [7, 11) is 3.40. The van der Waals surface area contributed by atoms with Crippen molar-refractivity contribution < 1.29 is 14.3 Å². The maximum atomic E-state index is 11.7. The zero-order valence-electron chi connectivity index (χ0n) is 20.2.